The summed E-state index contributed by atoms with van der Waals surface area (Å²) in [7, 11) is 1.84. The van der Waals surface area contributed by atoms with Gasteiger partial charge in [-0.05, 0) is 29.0 Å². The number of ether oxygens (including phenoxy) is 1. The Morgan fingerprint density at radius 1 is 1.15 bits per heavy atom. The SMILES string of the molecule is Cc1cccc(COc2ccccc2CNCCSc2nnnn2C)c1. The van der Waals surface area contributed by atoms with Gasteiger partial charge in [0.1, 0.15) is 12.4 Å². The normalized spacial score (nSPS) is 10.8. The molecule has 0 atom stereocenters. The molecule has 0 unspecified atom stereocenters. The second kappa shape index (κ2) is 9.35. The molecule has 0 aliphatic rings. The molecule has 1 aromatic heterocycles. The Bertz CT molecular complexity index is 836. The Hall–Kier alpha value is -2.38. The summed E-state index contributed by atoms with van der Waals surface area (Å²) in [6.07, 6.45) is 0. The molecule has 0 bridgehead atoms. The molecule has 136 valence electrons. The van der Waals surface area contributed by atoms with E-state index in [9.17, 15) is 0 Å². The molecule has 26 heavy (non-hydrogen) atoms. The van der Waals surface area contributed by atoms with Crippen molar-refractivity contribution >= 4 is 11.8 Å². The maximum Gasteiger partial charge on any atom is 0.209 e. The monoisotopic (exact) mass is 369 g/mol. The van der Waals surface area contributed by atoms with Crippen molar-refractivity contribution < 1.29 is 4.74 Å². The van der Waals surface area contributed by atoms with Crippen molar-refractivity contribution in [2.45, 2.75) is 25.2 Å². The quantitative estimate of drug-likeness (QED) is 0.462. The van der Waals surface area contributed by atoms with Gasteiger partial charge in [0, 0.05) is 31.5 Å². The molecule has 0 aliphatic carbocycles. The first-order valence-corrected chi connectivity index (χ1v) is 9.53. The molecule has 0 saturated heterocycles. The molecule has 1 heterocycles. The third kappa shape index (κ3) is 5.31. The van der Waals surface area contributed by atoms with Crippen LogP contribution >= 0.6 is 11.8 Å². The zero-order valence-corrected chi connectivity index (χ0v) is 15.9. The highest BCUT2D eigenvalue weighted by Crippen LogP contribution is 2.19. The number of nitrogens with one attached hydrogen (secondary N) is 1. The Labute approximate surface area is 158 Å². The van der Waals surface area contributed by atoms with Crippen LogP contribution in [0.1, 0.15) is 16.7 Å². The van der Waals surface area contributed by atoms with Crippen LogP contribution in [0.25, 0.3) is 0 Å². The fourth-order valence-electron chi connectivity index (χ4n) is 2.53. The Morgan fingerprint density at radius 3 is 2.85 bits per heavy atom. The van der Waals surface area contributed by atoms with Gasteiger partial charge >= 0.3 is 0 Å². The number of tetrazole rings is 1. The van der Waals surface area contributed by atoms with E-state index in [2.05, 4.69) is 58.1 Å². The number of aromatic nitrogens is 4. The maximum absolute atomic E-state index is 6.03. The average molecular weight is 369 g/mol. The molecule has 3 aromatic rings. The van der Waals surface area contributed by atoms with Crippen molar-refractivity contribution in [2.24, 2.45) is 7.05 Å². The first-order chi connectivity index (χ1) is 12.7. The summed E-state index contributed by atoms with van der Waals surface area (Å²) in [4.78, 5) is 0. The molecule has 3 rings (SSSR count). The van der Waals surface area contributed by atoms with Gasteiger partial charge in [-0.25, -0.2) is 4.68 Å². The predicted molar refractivity (Wildman–Crippen MR) is 103 cm³/mol. The molecule has 6 nitrogen and oxygen atoms in total. The highest BCUT2D eigenvalue weighted by Gasteiger charge is 2.05. The van der Waals surface area contributed by atoms with E-state index in [1.165, 1.54) is 11.1 Å². The molecule has 7 heteroatoms. The van der Waals surface area contributed by atoms with Gasteiger partial charge in [0.05, 0.1) is 0 Å². The largest absolute Gasteiger partial charge is 0.489 e. The van der Waals surface area contributed by atoms with Crippen LogP contribution in [0.5, 0.6) is 5.75 Å². The number of aryl methyl sites for hydroxylation is 2. The third-order valence-electron chi connectivity index (χ3n) is 3.86. The Morgan fingerprint density at radius 2 is 2.04 bits per heavy atom. The van der Waals surface area contributed by atoms with E-state index < -0.39 is 0 Å². The molecule has 0 amide bonds. The maximum atomic E-state index is 6.03. The summed E-state index contributed by atoms with van der Waals surface area (Å²) in [6.45, 7) is 4.30. The summed E-state index contributed by atoms with van der Waals surface area (Å²) in [5, 5.41) is 15.7. The lowest BCUT2D eigenvalue weighted by Gasteiger charge is -2.12. The van der Waals surface area contributed by atoms with Gasteiger partial charge in [-0.3, -0.25) is 0 Å². The minimum Gasteiger partial charge on any atom is -0.489 e. The van der Waals surface area contributed by atoms with Crippen molar-refractivity contribution in [3.8, 4) is 5.75 Å². The van der Waals surface area contributed by atoms with Crippen LogP contribution in [0.15, 0.2) is 53.7 Å². The first-order valence-electron chi connectivity index (χ1n) is 8.54. The zero-order valence-electron chi connectivity index (χ0n) is 15.1. The highest BCUT2D eigenvalue weighted by molar-refractivity contribution is 7.99. The fourth-order valence-corrected chi connectivity index (χ4v) is 3.28. The molecule has 0 aliphatic heterocycles. The summed E-state index contributed by atoms with van der Waals surface area (Å²) in [5.41, 5.74) is 3.59. The third-order valence-corrected chi connectivity index (χ3v) is 4.87. The van der Waals surface area contributed by atoms with Crippen molar-refractivity contribution in [3.05, 3.63) is 65.2 Å². The molecule has 0 saturated carbocycles. The van der Waals surface area contributed by atoms with Crippen molar-refractivity contribution in [1.82, 2.24) is 25.5 Å². The molecular formula is C19H23N5OS. The van der Waals surface area contributed by atoms with E-state index in [4.69, 9.17) is 4.74 Å². The molecule has 0 fully saturated rings. The lowest BCUT2D eigenvalue weighted by molar-refractivity contribution is 0.302. The van der Waals surface area contributed by atoms with Crippen molar-refractivity contribution in [1.29, 1.82) is 0 Å². The van der Waals surface area contributed by atoms with Gasteiger partial charge in [-0.1, -0.05) is 59.8 Å². The van der Waals surface area contributed by atoms with Crippen LogP contribution in [0.3, 0.4) is 0 Å². The molecule has 1 N–H and O–H groups in total. The van der Waals surface area contributed by atoms with Gasteiger partial charge in [-0.15, -0.1) is 5.10 Å². The number of para-hydroxylation sites is 1. The lowest BCUT2D eigenvalue weighted by Crippen LogP contribution is -2.17. The number of benzene rings is 2. The molecule has 0 spiro atoms. The van der Waals surface area contributed by atoms with Crippen LogP contribution < -0.4 is 10.1 Å². The fraction of sp³-hybridized carbons (Fsp3) is 0.316. The van der Waals surface area contributed by atoms with Gasteiger partial charge in [0.25, 0.3) is 0 Å². The van der Waals surface area contributed by atoms with E-state index in [0.717, 1.165) is 35.3 Å². The number of hydrogen-bond acceptors (Lipinski definition) is 6. The van der Waals surface area contributed by atoms with E-state index >= 15 is 0 Å². The summed E-state index contributed by atoms with van der Waals surface area (Å²) in [5.74, 6) is 1.83. The number of nitrogens with zero attached hydrogens (tertiary/aromatic N) is 4. The first kappa shape index (κ1) is 18.4. The van der Waals surface area contributed by atoms with Gasteiger partial charge in [-0.2, -0.15) is 0 Å². The summed E-state index contributed by atoms with van der Waals surface area (Å²) < 4.78 is 7.71. The molecule has 0 radical (unpaired) electrons. The van der Waals surface area contributed by atoms with E-state index in [-0.39, 0.29) is 0 Å². The standard InChI is InChI=1S/C19H23N5OS/c1-15-6-5-7-16(12-15)14-25-18-9-4-3-8-17(18)13-20-10-11-26-19-21-22-23-24(19)2/h3-9,12,20H,10-11,13-14H2,1-2H3. The smallest absolute Gasteiger partial charge is 0.209 e. The lowest BCUT2D eigenvalue weighted by atomic mass is 10.1. The Kier molecular flexibility index (Phi) is 6.62. The van der Waals surface area contributed by atoms with Crippen LogP contribution in [-0.2, 0) is 20.2 Å². The van der Waals surface area contributed by atoms with Gasteiger partial charge in [0.2, 0.25) is 5.16 Å². The van der Waals surface area contributed by atoms with Crippen LogP contribution in [-0.4, -0.2) is 32.5 Å². The van der Waals surface area contributed by atoms with Crippen LogP contribution in [0.2, 0.25) is 0 Å². The van der Waals surface area contributed by atoms with Crippen molar-refractivity contribution in [2.75, 3.05) is 12.3 Å². The highest BCUT2D eigenvalue weighted by atomic mass is 32.2. The van der Waals surface area contributed by atoms with Gasteiger partial charge in [0.15, 0.2) is 0 Å². The number of thioether (sulfide) groups is 1. The van der Waals surface area contributed by atoms with Gasteiger partial charge < -0.3 is 10.1 Å². The molecular weight excluding hydrogens is 346 g/mol. The van der Waals surface area contributed by atoms with E-state index in [0.29, 0.717) is 6.61 Å². The van der Waals surface area contributed by atoms with Crippen molar-refractivity contribution in [3.63, 3.8) is 0 Å². The summed E-state index contributed by atoms with van der Waals surface area (Å²) >= 11 is 1.64. The number of hydrogen-bond donors (Lipinski definition) is 1. The van der Waals surface area contributed by atoms with E-state index in [1.807, 2.05) is 25.2 Å². The minimum atomic E-state index is 0.577. The zero-order chi connectivity index (χ0) is 18.2. The average Bonchev–Trinajstić information content (AvgIpc) is 3.05. The van der Waals surface area contributed by atoms with Crippen LogP contribution in [0, 0.1) is 6.92 Å². The Balaban J connectivity index is 1.47. The van der Waals surface area contributed by atoms with Crippen LogP contribution in [0.4, 0.5) is 0 Å². The predicted octanol–water partition coefficient (Wildman–Crippen LogP) is 2.98. The minimum absolute atomic E-state index is 0.577. The second-order valence-electron chi connectivity index (χ2n) is 6.00. The topological polar surface area (TPSA) is 64.9 Å². The summed E-state index contributed by atoms with van der Waals surface area (Å²) in [6, 6.07) is 16.6. The van der Waals surface area contributed by atoms with E-state index in [1.54, 1.807) is 16.4 Å². The second-order valence-corrected chi connectivity index (χ2v) is 7.06. The number of rotatable bonds is 9. The molecule has 2 aromatic carbocycles.